The highest BCUT2D eigenvalue weighted by molar-refractivity contribution is 6.31. The van der Waals surface area contributed by atoms with Crippen molar-refractivity contribution in [1.29, 1.82) is 0 Å². The van der Waals surface area contributed by atoms with Crippen LogP contribution >= 0.6 is 11.6 Å². The fraction of sp³-hybridized carbons (Fsp3) is 0.438. The number of hydrogen-bond donors (Lipinski definition) is 2. The average Bonchev–Trinajstić information content (AvgIpc) is 3.11. The summed E-state index contributed by atoms with van der Waals surface area (Å²) in [5, 5.41) is 13.6. The van der Waals surface area contributed by atoms with Crippen LogP contribution < -0.4 is 5.32 Å². The molecule has 0 saturated carbocycles. The van der Waals surface area contributed by atoms with Gasteiger partial charge < -0.3 is 5.32 Å². The van der Waals surface area contributed by atoms with Crippen molar-refractivity contribution in [2.45, 2.75) is 19.4 Å². The van der Waals surface area contributed by atoms with Crippen LogP contribution in [0.25, 0.3) is 0 Å². The van der Waals surface area contributed by atoms with Crippen LogP contribution in [0.15, 0.2) is 30.5 Å². The number of nitrogens with one attached hydrogen (secondary N) is 2. The van der Waals surface area contributed by atoms with Gasteiger partial charge in [-0.1, -0.05) is 29.8 Å². The average molecular weight is 334 g/mol. The SMILES string of the molecule is O=C(NCC1CCN(Cc2ccccc2Cl)CC1)c1cn[nH]n1. The number of H-pyrrole nitrogens is 1. The van der Waals surface area contributed by atoms with Gasteiger partial charge in [0.05, 0.1) is 6.20 Å². The first kappa shape index (κ1) is 16.0. The maximum atomic E-state index is 11.8. The lowest BCUT2D eigenvalue weighted by Crippen LogP contribution is -2.38. The molecule has 1 saturated heterocycles. The van der Waals surface area contributed by atoms with Crippen molar-refractivity contribution in [3.63, 3.8) is 0 Å². The molecular formula is C16H20ClN5O. The quantitative estimate of drug-likeness (QED) is 0.878. The topological polar surface area (TPSA) is 73.9 Å². The van der Waals surface area contributed by atoms with E-state index in [1.165, 1.54) is 11.8 Å². The summed E-state index contributed by atoms with van der Waals surface area (Å²) in [7, 11) is 0. The zero-order valence-corrected chi connectivity index (χ0v) is 13.6. The summed E-state index contributed by atoms with van der Waals surface area (Å²) in [6.07, 6.45) is 3.58. The largest absolute Gasteiger partial charge is 0.350 e. The van der Waals surface area contributed by atoms with Gasteiger partial charge in [0.2, 0.25) is 0 Å². The number of halogens is 1. The molecule has 2 N–H and O–H groups in total. The van der Waals surface area contributed by atoms with Crippen LogP contribution in [0.1, 0.15) is 28.9 Å². The van der Waals surface area contributed by atoms with E-state index in [1.54, 1.807) is 0 Å². The van der Waals surface area contributed by atoms with Gasteiger partial charge >= 0.3 is 0 Å². The van der Waals surface area contributed by atoms with Gasteiger partial charge in [-0.25, -0.2) is 0 Å². The molecule has 122 valence electrons. The highest BCUT2D eigenvalue weighted by Gasteiger charge is 2.20. The Morgan fingerprint density at radius 2 is 2.13 bits per heavy atom. The molecule has 0 bridgehead atoms. The molecule has 0 aliphatic carbocycles. The van der Waals surface area contributed by atoms with E-state index >= 15 is 0 Å². The van der Waals surface area contributed by atoms with Crippen molar-refractivity contribution in [2.24, 2.45) is 5.92 Å². The molecule has 1 aliphatic heterocycles. The Bertz CT molecular complexity index is 638. The maximum absolute atomic E-state index is 11.8. The van der Waals surface area contributed by atoms with Gasteiger partial charge in [0, 0.05) is 18.1 Å². The molecule has 2 aromatic rings. The fourth-order valence-corrected chi connectivity index (χ4v) is 3.05. The Morgan fingerprint density at radius 1 is 1.35 bits per heavy atom. The normalized spacial score (nSPS) is 16.4. The zero-order valence-electron chi connectivity index (χ0n) is 12.8. The predicted octanol–water partition coefficient (Wildman–Crippen LogP) is 2.10. The maximum Gasteiger partial charge on any atom is 0.273 e. The van der Waals surface area contributed by atoms with Crippen LogP contribution in [-0.4, -0.2) is 45.9 Å². The molecule has 3 rings (SSSR count). The molecule has 2 heterocycles. The third-order valence-corrected chi connectivity index (χ3v) is 4.63. The standard InChI is InChI=1S/C16H20ClN5O/c17-14-4-2-1-3-13(14)11-22-7-5-12(6-8-22)9-18-16(23)15-10-19-21-20-15/h1-4,10,12H,5-9,11H2,(H,18,23)(H,19,20,21). The van der Waals surface area contributed by atoms with Crippen molar-refractivity contribution in [1.82, 2.24) is 25.6 Å². The molecule has 1 amide bonds. The smallest absolute Gasteiger partial charge is 0.273 e. The minimum Gasteiger partial charge on any atom is -0.350 e. The number of rotatable bonds is 5. The van der Waals surface area contributed by atoms with Crippen LogP contribution in [0, 0.1) is 5.92 Å². The minimum atomic E-state index is -0.169. The predicted molar refractivity (Wildman–Crippen MR) is 88.2 cm³/mol. The number of carbonyl (C=O) groups excluding carboxylic acids is 1. The first-order chi connectivity index (χ1) is 11.2. The number of aromatic amines is 1. The summed E-state index contributed by atoms with van der Waals surface area (Å²) < 4.78 is 0. The van der Waals surface area contributed by atoms with E-state index in [0.717, 1.165) is 37.5 Å². The molecule has 7 heteroatoms. The molecule has 1 aromatic carbocycles. The number of amides is 1. The van der Waals surface area contributed by atoms with Crippen LogP contribution in [0.5, 0.6) is 0 Å². The van der Waals surface area contributed by atoms with Crippen molar-refractivity contribution in [2.75, 3.05) is 19.6 Å². The van der Waals surface area contributed by atoms with Gasteiger partial charge in [0.15, 0.2) is 5.69 Å². The Labute approximate surface area is 140 Å². The highest BCUT2D eigenvalue weighted by Crippen LogP contribution is 2.21. The zero-order chi connectivity index (χ0) is 16.1. The van der Waals surface area contributed by atoms with Gasteiger partial charge in [0.25, 0.3) is 5.91 Å². The number of benzene rings is 1. The minimum absolute atomic E-state index is 0.169. The molecule has 6 nitrogen and oxygen atoms in total. The lowest BCUT2D eigenvalue weighted by atomic mass is 9.96. The lowest BCUT2D eigenvalue weighted by molar-refractivity contribution is 0.0930. The van der Waals surface area contributed by atoms with Gasteiger partial charge in [-0.05, 0) is 43.5 Å². The summed E-state index contributed by atoms with van der Waals surface area (Å²) in [6, 6.07) is 7.98. The molecule has 1 fully saturated rings. The summed E-state index contributed by atoms with van der Waals surface area (Å²) >= 11 is 6.22. The second-order valence-electron chi connectivity index (χ2n) is 5.88. The Balaban J connectivity index is 1.42. The summed E-state index contributed by atoms with van der Waals surface area (Å²) in [5.41, 5.74) is 1.51. The number of hydrogen-bond acceptors (Lipinski definition) is 4. The van der Waals surface area contributed by atoms with E-state index in [4.69, 9.17) is 11.6 Å². The van der Waals surface area contributed by atoms with Crippen LogP contribution in [0.3, 0.4) is 0 Å². The Hall–Kier alpha value is -1.92. The molecule has 0 unspecified atom stereocenters. The van der Waals surface area contributed by atoms with E-state index in [0.29, 0.717) is 18.2 Å². The number of likely N-dealkylation sites (tertiary alicyclic amines) is 1. The Morgan fingerprint density at radius 3 is 2.83 bits per heavy atom. The second-order valence-corrected chi connectivity index (χ2v) is 6.28. The number of nitrogens with zero attached hydrogens (tertiary/aromatic N) is 3. The van der Waals surface area contributed by atoms with Crippen LogP contribution in [-0.2, 0) is 6.54 Å². The third kappa shape index (κ3) is 4.30. The van der Waals surface area contributed by atoms with Crippen LogP contribution in [0.2, 0.25) is 5.02 Å². The summed E-state index contributed by atoms with van der Waals surface area (Å²) in [6.45, 7) is 3.62. The first-order valence-electron chi connectivity index (χ1n) is 7.82. The molecule has 0 atom stereocenters. The van der Waals surface area contributed by atoms with E-state index < -0.39 is 0 Å². The lowest BCUT2D eigenvalue weighted by Gasteiger charge is -2.32. The number of piperidine rings is 1. The van der Waals surface area contributed by atoms with Gasteiger partial charge in [-0.3, -0.25) is 9.69 Å². The first-order valence-corrected chi connectivity index (χ1v) is 8.20. The monoisotopic (exact) mass is 333 g/mol. The van der Waals surface area contributed by atoms with Crippen molar-refractivity contribution in [3.05, 3.63) is 46.7 Å². The van der Waals surface area contributed by atoms with E-state index in [9.17, 15) is 4.79 Å². The van der Waals surface area contributed by atoms with E-state index in [2.05, 4.69) is 31.7 Å². The summed E-state index contributed by atoms with van der Waals surface area (Å²) in [4.78, 5) is 14.2. The fourth-order valence-electron chi connectivity index (χ4n) is 2.85. The van der Waals surface area contributed by atoms with E-state index in [1.807, 2.05) is 18.2 Å². The molecular weight excluding hydrogens is 314 g/mol. The van der Waals surface area contributed by atoms with Crippen molar-refractivity contribution in [3.8, 4) is 0 Å². The second kappa shape index (κ2) is 7.57. The van der Waals surface area contributed by atoms with Crippen molar-refractivity contribution < 1.29 is 4.79 Å². The molecule has 0 radical (unpaired) electrons. The Kier molecular flexibility index (Phi) is 5.25. The summed E-state index contributed by atoms with van der Waals surface area (Å²) in [5.74, 6) is 0.339. The molecule has 1 aromatic heterocycles. The number of carbonyl (C=O) groups is 1. The molecule has 23 heavy (non-hydrogen) atoms. The molecule has 0 spiro atoms. The van der Waals surface area contributed by atoms with Crippen LogP contribution in [0.4, 0.5) is 0 Å². The molecule has 1 aliphatic rings. The van der Waals surface area contributed by atoms with Gasteiger partial charge in [-0.2, -0.15) is 15.4 Å². The van der Waals surface area contributed by atoms with E-state index in [-0.39, 0.29) is 5.91 Å². The third-order valence-electron chi connectivity index (χ3n) is 4.26. The highest BCUT2D eigenvalue weighted by atomic mass is 35.5. The van der Waals surface area contributed by atoms with Crippen molar-refractivity contribution >= 4 is 17.5 Å². The number of aromatic nitrogens is 3. The van der Waals surface area contributed by atoms with Gasteiger partial charge in [-0.15, -0.1) is 0 Å². The van der Waals surface area contributed by atoms with Gasteiger partial charge in [0.1, 0.15) is 0 Å².